The van der Waals surface area contributed by atoms with Crippen LogP contribution in [0.2, 0.25) is 0 Å². The van der Waals surface area contributed by atoms with Crippen molar-refractivity contribution in [2.75, 3.05) is 5.32 Å². The monoisotopic (exact) mass is 396 g/mol. The van der Waals surface area contributed by atoms with Gasteiger partial charge in [0.2, 0.25) is 0 Å². The molecule has 0 aliphatic carbocycles. The molecule has 0 spiro atoms. The average Bonchev–Trinajstić information content (AvgIpc) is 3.13. The number of carbonyl (C=O) groups excluding carboxylic acids is 2. The second-order valence-electron chi connectivity index (χ2n) is 8.35. The van der Waals surface area contributed by atoms with Crippen LogP contribution in [-0.2, 0) is 10.2 Å². The van der Waals surface area contributed by atoms with Gasteiger partial charge >= 0.3 is 0 Å². The van der Waals surface area contributed by atoms with Crippen molar-refractivity contribution in [2.45, 2.75) is 26.2 Å². The smallest absolute Gasteiger partial charge is 0.298 e. The Bertz CT molecular complexity index is 1230. The van der Waals surface area contributed by atoms with Gasteiger partial charge in [-0.3, -0.25) is 9.59 Å². The lowest BCUT2D eigenvalue weighted by molar-refractivity contribution is -0.112. The second kappa shape index (κ2) is 7.64. The van der Waals surface area contributed by atoms with Gasteiger partial charge in [-0.25, -0.2) is 0 Å². The maximum Gasteiger partial charge on any atom is 0.298 e. The van der Waals surface area contributed by atoms with E-state index in [4.69, 9.17) is 0 Å². The average molecular weight is 396 g/mol. The molecule has 0 fully saturated rings. The number of nitrogens with zero attached hydrogens (tertiary/aromatic N) is 1. The first-order valence-electron chi connectivity index (χ1n) is 9.97. The molecular weight excluding hydrogens is 372 g/mol. The molecule has 0 aliphatic rings. The van der Waals surface area contributed by atoms with Crippen LogP contribution in [-0.4, -0.2) is 16.1 Å². The molecular formula is C26H24N2O2. The van der Waals surface area contributed by atoms with Crippen molar-refractivity contribution < 1.29 is 9.59 Å². The van der Waals surface area contributed by atoms with Gasteiger partial charge in [0.15, 0.2) is 0 Å². The van der Waals surface area contributed by atoms with Crippen molar-refractivity contribution >= 4 is 22.9 Å². The highest BCUT2D eigenvalue weighted by Crippen LogP contribution is 2.31. The van der Waals surface area contributed by atoms with E-state index in [1.54, 1.807) is 4.40 Å². The van der Waals surface area contributed by atoms with Gasteiger partial charge in [-0.2, -0.15) is 0 Å². The van der Waals surface area contributed by atoms with Crippen LogP contribution >= 0.6 is 0 Å². The molecule has 0 aliphatic heterocycles. The predicted molar refractivity (Wildman–Crippen MR) is 121 cm³/mol. The van der Waals surface area contributed by atoms with Crippen LogP contribution in [0.15, 0.2) is 85.1 Å². The van der Waals surface area contributed by atoms with Gasteiger partial charge in [0.05, 0.1) is 0 Å². The van der Waals surface area contributed by atoms with Crippen molar-refractivity contribution in [3.05, 3.63) is 96.3 Å². The number of aromatic nitrogens is 1. The Kier molecular flexibility index (Phi) is 5.00. The van der Waals surface area contributed by atoms with Gasteiger partial charge in [0.25, 0.3) is 11.7 Å². The number of amides is 1. The normalized spacial score (nSPS) is 11.4. The molecule has 0 saturated carbocycles. The molecule has 0 saturated heterocycles. The summed E-state index contributed by atoms with van der Waals surface area (Å²) >= 11 is 0. The van der Waals surface area contributed by atoms with Crippen molar-refractivity contribution in [1.82, 2.24) is 4.40 Å². The summed E-state index contributed by atoms with van der Waals surface area (Å²) in [5.74, 6) is -1.21. The fraction of sp³-hybridized carbons (Fsp3) is 0.154. The third-order valence-electron chi connectivity index (χ3n) is 5.17. The zero-order valence-corrected chi connectivity index (χ0v) is 17.3. The van der Waals surface area contributed by atoms with Crippen LogP contribution in [0.4, 0.5) is 5.69 Å². The molecule has 2 heterocycles. The lowest BCUT2D eigenvalue weighted by atomic mass is 9.86. The summed E-state index contributed by atoms with van der Waals surface area (Å²) in [4.78, 5) is 26.4. The fourth-order valence-corrected chi connectivity index (χ4v) is 3.73. The molecule has 0 unspecified atom stereocenters. The minimum absolute atomic E-state index is 0.163. The summed E-state index contributed by atoms with van der Waals surface area (Å²) in [7, 11) is 0. The molecule has 1 N–H and O–H groups in total. The van der Waals surface area contributed by atoms with Gasteiger partial charge < -0.3 is 9.72 Å². The van der Waals surface area contributed by atoms with E-state index in [0.717, 1.165) is 22.2 Å². The maximum absolute atomic E-state index is 13.3. The van der Waals surface area contributed by atoms with Crippen molar-refractivity contribution in [2.24, 2.45) is 0 Å². The third kappa shape index (κ3) is 3.64. The summed E-state index contributed by atoms with van der Waals surface area (Å²) in [6.07, 6.45) is 1.81. The van der Waals surface area contributed by atoms with Crippen LogP contribution in [0.3, 0.4) is 0 Å². The van der Waals surface area contributed by atoms with E-state index >= 15 is 0 Å². The number of carbonyl (C=O) groups is 2. The Labute approximate surface area is 176 Å². The van der Waals surface area contributed by atoms with Crippen LogP contribution in [0, 0.1) is 0 Å². The Hall–Kier alpha value is -3.66. The molecule has 2 aromatic heterocycles. The SMILES string of the molecule is CC(C)(C)c1ccccc1NC(=O)C(=O)c1c(-c2ccccc2)cc2ccccn12. The van der Waals surface area contributed by atoms with E-state index in [9.17, 15) is 9.59 Å². The molecule has 30 heavy (non-hydrogen) atoms. The van der Waals surface area contributed by atoms with Gasteiger partial charge in [-0.05, 0) is 40.8 Å². The van der Waals surface area contributed by atoms with Gasteiger partial charge in [0.1, 0.15) is 5.69 Å². The zero-order chi connectivity index (χ0) is 21.3. The number of fused-ring (bicyclic) bond motifs is 1. The number of rotatable bonds is 4. The largest absolute Gasteiger partial charge is 0.319 e. The quantitative estimate of drug-likeness (QED) is 0.354. The fourth-order valence-electron chi connectivity index (χ4n) is 3.73. The molecule has 2 aromatic carbocycles. The lowest BCUT2D eigenvalue weighted by Crippen LogP contribution is -2.26. The number of hydrogen-bond acceptors (Lipinski definition) is 2. The summed E-state index contributed by atoms with van der Waals surface area (Å²) in [6.45, 7) is 6.23. The first-order chi connectivity index (χ1) is 14.4. The number of anilines is 1. The highest BCUT2D eigenvalue weighted by molar-refractivity contribution is 6.47. The highest BCUT2D eigenvalue weighted by atomic mass is 16.2. The van der Waals surface area contributed by atoms with Crippen molar-refractivity contribution in [3.8, 4) is 11.1 Å². The van der Waals surface area contributed by atoms with E-state index in [-0.39, 0.29) is 5.41 Å². The Morgan fingerprint density at radius 3 is 2.23 bits per heavy atom. The highest BCUT2D eigenvalue weighted by Gasteiger charge is 2.26. The third-order valence-corrected chi connectivity index (χ3v) is 5.17. The van der Waals surface area contributed by atoms with E-state index in [2.05, 4.69) is 26.1 Å². The molecule has 150 valence electrons. The lowest BCUT2D eigenvalue weighted by Gasteiger charge is -2.22. The minimum Gasteiger partial charge on any atom is -0.319 e. The molecule has 0 atom stereocenters. The Morgan fingerprint density at radius 1 is 0.833 bits per heavy atom. The number of hydrogen-bond donors (Lipinski definition) is 1. The number of Topliss-reactive ketones (excluding diaryl/α,β-unsaturated/α-hetero) is 1. The van der Waals surface area contributed by atoms with Crippen LogP contribution in [0.25, 0.3) is 16.6 Å². The maximum atomic E-state index is 13.3. The van der Waals surface area contributed by atoms with Crippen molar-refractivity contribution in [3.63, 3.8) is 0 Å². The zero-order valence-electron chi connectivity index (χ0n) is 17.3. The Morgan fingerprint density at radius 2 is 1.50 bits per heavy atom. The second-order valence-corrected chi connectivity index (χ2v) is 8.35. The topological polar surface area (TPSA) is 50.6 Å². The van der Waals surface area contributed by atoms with E-state index in [1.807, 2.05) is 85.1 Å². The summed E-state index contributed by atoms with van der Waals surface area (Å²) in [6, 6.07) is 24.9. The van der Waals surface area contributed by atoms with E-state index < -0.39 is 11.7 Å². The van der Waals surface area contributed by atoms with Crippen LogP contribution < -0.4 is 5.32 Å². The van der Waals surface area contributed by atoms with Gasteiger partial charge in [-0.1, -0.05) is 75.4 Å². The molecule has 4 aromatic rings. The number of ketones is 1. The number of para-hydroxylation sites is 1. The molecule has 4 heteroatoms. The van der Waals surface area contributed by atoms with E-state index in [0.29, 0.717) is 11.4 Å². The number of nitrogens with one attached hydrogen (secondary N) is 1. The number of pyridine rings is 1. The molecule has 4 rings (SSSR count). The molecule has 0 bridgehead atoms. The first-order valence-corrected chi connectivity index (χ1v) is 9.97. The van der Waals surface area contributed by atoms with Crippen LogP contribution in [0.5, 0.6) is 0 Å². The minimum atomic E-state index is -0.646. The molecule has 1 amide bonds. The molecule has 4 nitrogen and oxygen atoms in total. The van der Waals surface area contributed by atoms with Gasteiger partial charge in [-0.15, -0.1) is 0 Å². The van der Waals surface area contributed by atoms with Gasteiger partial charge in [0, 0.05) is 23.0 Å². The summed E-state index contributed by atoms with van der Waals surface area (Å²) < 4.78 is 1.78. The predicted octanol–water partition coefficient (Wildman–Crippen LogP) is 5.73. The molecule has 0 radical (unpaired) electrons. The first kappa shape index (κ1) is 19.6. The van der Waals surface area contributed by atoms with E-state index in [1.165, 1.54) is 0 Å². The summed E-state index contributed by atoms with van der Waals surface area (Å²) in [5.41, 5.74) is 4.34. The standard InChI is InChI=1S/C26H24N2O2/c1-26(2,3)21-14-7-8-15-22(21)27-25(30)24(29)23-20(18-11-5-4-6-12-18)17-19-13-9-10-16-28(19)23/h4-17H,1-3H3,(H,27,30). The summed E-state index contributed by atoms with van der Waals surface area (Å²) in [5, 5.41) is 2.85. The van der Waals surface area contributed by atoms with Crippen molar-refractivity contribution in [1.29, 1.82) is 0 Å². The Balaban J connectivity index is 1.77. The number of benzene rings is 2. The van der Waals surface area contributed by atoms with Crippen LogP contribution in [0.1, 0.15) is 36.8 Å².